The van der Waals surface area contributed by atoms with Gasteiger partial charge in [0.2, 0.25) is 5.52 Å². The average molecular weight is 395 g/mol. The molecular formula is C11H27NO10P2. The normalized spacial score (nSPS) is 12.9. The van der Waals surface area contributed by atoms with E-state index in [2.05, 4.69) is 5.32 Å². The third kappa shape index (κ3) is 7.99. The molecule has 0 atom stereocenters. The van der Waals surface area contributed by atoms with Gasteiger partial charge in [0.15, 0.2) is 0 Å². The van der Waals surface area contributed by atoms with E-state index in [1.54, 1.807) is 34.6 Å². The molecule has 0 saturated carbocycles. The molecule has 0 heterocycles. The van der Waals surface area contributed by atoms with Gasteiger partial charge in [-0.05, 0) is 34.2 Å². The molecule has 0 radical (unpaired) electrons. The lowest BCUT2D eigenvalue weighted by atomic mass is 10.8. The van der Waals surface area contributed by atoms with E-state index in [4.69, 9.17) is 38.2 Å². The highest BCUT2D eigenvalue weighted by Gasteiger charge is 2.55. The molecule has 0 aliphatic heterocycles. The molecular weight excluding hydrogens is 368 g/mol. The minimum absolute atomic E-state index is 0.0568. The second kappa shape index (κ2) is 13.3. The van der Waals surface area contributed by atoms with E-state index < -0.39 is 20.7 Å². The topological polar surface area (TPSA) is 120 Å². The molecule has 0 unspecified atom stereocenters. The zero-order valence-corrected chi connectivity index (χ0v) is 16.4. The van der Waals surface area contributed by atoms with Gasteiger partial charge in [0.05, 0.1) is 26.4 Å². The quantitative estimate of drug-likeness (QED) is 0.236. The molecule has 0 aromatic carbocycles. The molecule has 0 aromatic heterocycles. The summed E-state index contributed by atoms with van der Waals surface area (Å²) in [6.07, 6.45) is 0. The second-order valence-corrected chi connectivity index (χ2v) is 8.13. The molecule has 1 N–H and O–H groups in total. The largest absolute Gasteiger partial charge is 0.413 e. The molecule has 0 fully saturated rings. The molecule has 0 spiro atoms. The van der Waals surface area contributed by atoms with Crippen molar-refractivity contribution in [2.45, 2.75) is 40.1 Å². The maximum atomic E-state index is 13.0. The Hall–Kier alpha value is 0.1000. The molecule has 0 rings (SSSR count). The molecule has 0 bridgehead atoms. The fourth-order valence-corrected chi connectivity index (χ4v) is 5.32. The van der Waals surface area contributed by atoms with Crippen molar-refractivity contribution in [1.82, 2.24) is 5.32 Å². The lowest BCUT2D eigenvalue weighted by Gasteiger charge is -2.28. The highest BCUT2D eigenvalue weighted by Crippen LogP contribution is 2.69. The summed E-state index contributed by atoms with van der Waals surface area (Å²) in [7, 11) is -8.62. The number of hydrogen-bond donors (Lipinski definition) is 1. The summed E-state index contributed by atoms with van der Waals surface area (Å²) in [4.78, 5) is 18.8. The molecule has 0 aromatic rings. The predicted octanol–water partition coefficient (Wildman–Crippen LogP) is 3.14. The van der Waals surface area contributed by atoms with Gasteiger partial charge in [-0.25, -0.2) is 19.6 Å². The van der Waals surface area contributed by atoms with Crippen molar-refractivity contribution in [1.29, 1.82) is 0 Å². The summed E-state index contributed by atoms with van der Waals surface area (Å²) in [5, 5.41) is 2.65. The highest BCUT2D eigenvalue weighted by molar-refractivity contribution is 7.72. The predicted molar refractivity (Wildman–Crippen MR) is 83.5 cm³/mol. The van der Waals surface area contributed by atoms with E-state index in [0.717, 1.165) is 0 Å². The minimum Gasteiger partial charge on any atom is -0.294 e. The van der Waals surface area contributed by atoms with Crippen LogP contribution in [0, 0.1) is 0 Å². The van der Waals surface area contributed by atoms with Gasteiger partial charge in [-0.1, -0.05) is 6.92 Å². The molecule has 146 valence electrons. The van der Waals surface area contributed by atoms with Crippen LogP contribution in [0.2, 0.25) is 0 Å². The van der Waals surface area contributed by atoms with Gasteiger partial charge in [-0.15, -0.1) is 18.7 Å². The zero-order chi connectivity index (χ0) is 18.5. The first-order chi connectivity index (χ1) is 11.4. The molecule has 24 heavy (non-hydrogen) atoms. The van der Waals surface area contributed by atoms with E-state index in [-0.39, 0.29) is 33.0 Å². The van der Waals surface area contributed by atoms with Gasteiger partial charge < -0.3 is 0 Å². The Bertz CT molecular complexity index is 352. The van der Waals surface area contributed by atoms with Crippen molar-refractivity contribution >= 4 is 15.2 Å². The van der Waals surface area contributed by atoms with Crippen molar-refractivity contribution in [2.75, 3.05) is 33.0 Å². The first-order valence-electron chi connectivity index (χ1n) is 7.61. The van der Waals surface area contributed by atoms with E-state index in [1.165, 1.54) is 0 Å². The third-order valence-corrected chi connectivity index (χ3v) is 6.60. The Balaban J connectivity index is 5.63. The van der Waals surface area contributed by atoms with Crippen LogP contribution >= 0.6 is 15.2 Å². The Morgan fingerprint density at radius 3 is 1.17 bits per heavy atom. The fraction of sp³-hybridized carbons (Fsp3) is 1.00. The lowest BCUT2D eigenvalue weighted by Crippen LogP contribution is -2.32. The van der Waals surface area contributed by atoms with Gasteiger partial charge in [0.1, 0.15) is 0 Å². The van der Waals surface area contributed by atoms with Crippen molar-refractivity contribution in [3.63, 3.8) is 0 Å². The SMILES string of the molecule is CCNC(P(=O)(OOCC)OOCC)P(=O)(OOCC)OOCC. The van der Waals surface area contributed by atoms with E-state index in [1.807, 2.05) is 0 Å². The van der Waals surface area contributed by atoms with Crippen molar-refractivity contribution in [3.05, 3.63) is 0 Å². The zero-order valence-electron chi connectivity index (χ0n) is 14.6. The molecule has 13 heteroatoms. The first kappa shape index (κ1) is 24.1. The van der Waals surface area contributed by atoms with Crippen LogP contribution in [0.25, 0.3) is 0 Å². The number of rotatable bonds is 16. The second-order valence-electron chi connectivity index (χ2n) is 3.94. The maximum Gasteiger partial charge on any atom is 0.413 e. The number of hydrogen-bond acceptors (Lipinski definition) is 11. The Labute approximate surface area is 141 Å². The smallest absolute Gasteiger partial charge is 0.294 e. The van der Waals surface area contributed by atoms with E-state index in [9.17, 15) is 9.13 Å². The molecule has 0 saturated heterocycles. The minimum atomic E-state index is -4.31. The lowest BCUT2D eigenvalue weighted by molar-refractivity contribution is -0.272. The van der Waals surface area contributed by atoms with Crippen LogP contribution in [-0.4, -0.2) is 38.5 Å². The van der Waals surface area contributed by atoms with Crippen LogP contribution in [0.5, 0.6) is 0 Å². The van der Waals surface area contributed by atoms with E-state index in [0.29, 0.717) is 0 Å². The number of nitrogens with one attached hydrogen (secondary N) is 1. The van der Waals surface area contributed by atoms with Crippen molar-refractivity contribution in [2.24, 2.45) is 0 Å². The summed E-state index contributed by atoms with van der Waals surface area (Å²) in [6.45, 7) is 8.50. The van der Waals surface area contributed by atoms with Gasteiger partial charge in [0.25, 0.3) is 0 Å². The van der Waals surface area contributed by atoms with Crippen molar-refractivity contribution in [3.8, 4) is 0 Å². The molecule has 11 nitrogen and oxygen atoms in total. The molecule has 0 aliphatic rings. The van der Waals surface area contributed by atoms with Crippen LogP contribution in [0.15, 0.2) is 0 Å². The first-order valence-corrected chi connectivity index (χ1v) is 10.8. The van der Waals surface area contributed by atoms with Crippen LogP contribution in [0.4, 0.5) is 0 Å². The average Bonchev–Trinajstić information content (AvgIpc) is 2.59. The summed E-state index contributed by atoms with van der Waals surface area (Å²) in [6, 6.07) is 0. The standard InChI is InChI=1S/C11H27NO10P2/c1-6-12-11(23(13,19-15-7-2)20-16-8-3)24(14,21-17-9-4)22-18-10-5/h11-12H,6-10H2,1-5H3. The Morgan fingerprint density at radius 1 is 0.667 bits per heavy atom. The Morgan fingerprint density at radius 2 is 0.958 bits per heavy atom. The molecule has 0 aliphatic carbocycles. The van der Waals surface area contributed by atoms with Crippen LogP contribution in [0.3, 0.4) is 0 Å². The van der Waals surface area contributed by atoms with Crippen LogP contribution in [-0.2, 0) is 47.4 Å². The van der Waals surface area contributed by atoms with Gasteiger partial charge in [-0.3, -0.25) is 14.4 Å². The van der Waals surface area contributed by atoms with E-state index >= 15 is 0 Å². The van der Waals surface area contributed by atoms with Crippen LogP contribution < -0.4 is 5.32 Å². The van der Waals surface area contributed by atoms with Gasteiger partial charge >= 0.3 is 15.2 Å². The third-order valence-electron chi connectivity index (χ3n) is 2.08. The summed E-state index contributed by atoms with van der Waals surface area (Å²) in [5.74, 6) is 0. The van der Waals surface area contributed by atoms with Gasteiger partial charge in [-0.2, -0.15) is 0 Å². The Kier molecular flexibility index (Phi) is 13.4. The molecule has 0 amide bonds. The summed E-state index contributed by atoms with van der Waals surface area (Å²) in [5.41, 5.74) is -1.62. The summed E-state index contributed by atoms with van der Waals surface area (Å²) >= 11 is 0. The van der Waals surface area contributed by atoms with Gasteiger partial charge in [0, 0.05) is 0 Å². The fourth-order valence-electron chi connectivity index (χ4n) is 1.27. The summed E-state index contributed by atoms with van der Waals surface area (Å²) < 4.78 is 45.2. The maximum absolute atomic E-state index is 13.0. The monoisotopic (exact) mass is 395 g/mol. The highest BCUT2D eigenvalue weighted by atomic mass is 31.2. The van der Waals surface area contributed by atoms with Crippen molar-refractivity contribution < 1.29 is 47.4 Å². The van der Waals surface area contributed by atoms with Crippen LogP contribution in [0.1, 0.15) is 34.6 Å².